The summed E-state index contributed by atoms with van der Waals surface area (Å²) in [4.78, 5) is 10.3. The maximum absolute atomic E-state index is 13.0. The molecule has 164 valence electrons. The van der Waals surface area contributed by atoms with Gasteiger partial charge in [-0.3, -0.25) is 0 Å². The Balaban J connectivity index is 1.91. The summed E-state index contributed by atoms with van der Waals surface area (Å²) in [5, 5.41) is 1.61. The van der Waals surface area contributed by atoms with Crippen LogP contribution in [0.1, 0.15) is 0 Å². The maximum atomic E-state index is 13.0. The third-order valence-electron chi connectivity index (χ3n) is 5.19. The van der Waals surface area contributed by atoms with Gasteiger partial charge in [-0.15, -0.1) is 0 Å². The van der Waals surface area contributed by atoms with E-state index in [2.05, 4.69) is 9.97 Å². The van der Waals surface area contributed by atoms with Crippen molar-refractivity contribution in [3.63, 3.8) is 0 Å². The highest BCUT2D eigenvalue weighted by Gasteiger charge is 2.48. The molecule has 31 heavy (non-hydrogen) atoms. The quantitative estimate of drug-likeness (QED) is 0.562. The number of nitrogen functional groups attached to an aromatic ring is 1. The van der Waals surface area contributed by atoms with E-state index in [0.29, 0.717) is 39.3 Å². The van der Waals surface area contributed by atoms with Crippen LogP contribution in [0.3, 0.4) is 0 Å². The van der Waals surface area contributed by atoms with Crippen LogP contribution < -0.4 is 20.1 Å². The fourth-order valence-corrected chi connectivity index (χ4v) is 4.18. The zero-order valence-electron chi connectivity index (χ0n) is 16.4. The van der Waals surface area contributed by atoms with Crippen molar-refractivity contribution in [2.75, 3.05) is 37.9 Å². The summed E-state index contributed by atoms with van der Waals surface area (Å²) < 4.78 is 49.7. The second-order valence-electron chi connectivity index (χ2n) is 7.09. The van der Waals surface area contributed by atoms with Gasteiger partial charge >= 0.3 is 6.18 Å². The topological polar surface area (TPSA) is 73.5 Å². The zero-order chi connectivity index (χ0) is 22.5. The summed E-state index contributed by atoms with van der Waals surface area (Å²) in [5.41, 5.74) is 6.49. The third kappa shape index (κ3) is 3.76. The van der Waals surface area contributed by atoms with E-state index in [-0.39, 0.29) is 29.0 Å². The molecule has 3 heterocycles. The van der Waals surface area contributed by atoms with Gasteiger partial charge in [0, 0.05) is 41.7 Å². The highest BCUT2D eigenvalue weighted by Crippen LogP contribution is 2.47. The first-order valence-electron chi connectivity index (χ1n) is 9.12. The van der Waals surface area contributed by atoms with E-state index in [9.17, 15) is 13.2 Å². The first kappa shape index (κ1) is 21.6. The Morgan fingerprint density at radius 1 is 1.06 bits per heavy atom. The van der Waals surface area contributed by atoms with Crippen LogP contribution >= 0.6 is 23.2 Å². The summed E-state index contributed by atoms with van der Waals surface area (Å²) in [5.74, 6) is -0.210. The van der Waals surface area contributed by atoms with Crippen molar-refractivity contribution < 1.29 is 22.6 Å². The van der Waals surface area contributed by atoms with Gasteiger partial charge in [0.25, 0.3) is 0 Å². The number of methoxy groups -OCH3 is 2. The van der Waals surface area contributed by atoms with Gasteiger partial charge < -0.3 is 20.1 Å². The van der Waals surface area contributed by atoms with Crippen LogP contribution in [0.4, 0.5) is 24.8 Å². The number of hydrogen-bond acceptors (Lipinski definition) is 6. The summed E-state index contributed by atoms with van der Waals surface area (Å²) >= 11 is 13.0. The van der Waals surface area contributed by atoms with E-state index in [1.54, 1.807) is 23.1 Å². The SMILES string of the molecule is COc1cc(OC)c(Cl)c(-c2cc3cnc(N)cc3c(N3CC(C(F)(F)F)C3)n2)c1Cl. The van der Waals surface area contributed by atoms with Crippen molar-refractivity contribution in [3.8, 4) is 22.8 Å². The van der Waals surface area contributed by atoms with Crippen LogP contribution in [0.15, 0.2) is 24.4 Å². The van der Waals surface area contributed by atoms with Gasteiger partial charge in [-0.2, -0.15) is 13.2 Å². The Morgan fingerprint density at radius 2 is 1.68 bits per heavy atom. The fraction of sp³-hybridized carbons (Fsp3) is 0.300. The number of ether oxygens (including phenoxy) is 2. The second kappa shape index (κ2) is 7.80. The number of nitrogens with zero attached hydrogens (tertiary/aromatic N) is 3. The van der Waals surface area contributed by atoms with Gasteiger partial charge in [0.15, 0.2) is 0 Å². The normalized spacial score (nSPS) is 14.6. The standard InChI is InChI=1S/C20H17Cl2F3N4O2/c1-30-13-5-14(31-2)18(22)16(17(13)21)12-3-9-6-27-15(26)4-11(9)19(28-12)29-7-10(8-29)20(23,24)25/h3-6,10H,7-8H2,1-2H3,(H2,26,27). The average Bonchev–Trinajstić information content (AvgIpc) is 2.66. The number of nitrogens with two attached hydrogens (primary N) is 1. The van der Waals surface area contributed by atoms with Gasteiger partial charge in [-0.05, 0) is 12.1 Å². The molecule has 0 amide bonds. The molecule has 1 aromatic carbocycles. The molecule has 6 nitrogen and oxygen atoms in total. The molecule has 0 radical (unpaired) electrons. The first-order chi connectivity index (χ1) is 14.6. The Morgan fingerprint density at radius 3 is 2.23 bits per heavy atom. The van der Waals surface area contributed by atoms with Crippen molar-refractivity contribution in [2.45, 2.75) is 6.18 Å². The number of rotatable bonds is 4. The Kier molecular flexibility index (Phi) is 5.43. The number of aromatic nitrogens is 2. The lowest BCUT2D eigenvalue weighted by Gasteiger charge is -2.41. The Bertz CT molecular complexity index is 1140. The molecule has 4 rings (SSSR count). The summed E-state index contributed by atoms with van der Waals surface area (Å²) in [6, 6.07) is 4.82. The molecule has 0 unspecified atom stereocenters. The molecule has 0 saturated carbocycles. The number of halogens is 5. The highest BCUT2D eigenvalue weighted by molar-refractivity contribution is 6.41. The molecule has 0 aliphatic carbocycles. The van der Waals surface area contributed by atoms with Crippen LogP contribution in [-0.2, 0) is 0 Å². The fourth-order valence-electron chi connectivity index (χ4n) is 3.48. The largest absolute Gasteiger partial charge is 0.495 e. The lowest BCUT2D eigenvalue weighted by molar-refractivity contribution is -0.180. The van der Waals surface area contributed by atoms with Gasteiger partial charge in [0.05, 0.1) is 35.9 Å². The molecule has 3 aromatic rings. The smallest absolute Gasteiger partial charge is 0.395 e. The molecule has 11 heteroatoms. The Labute approximate surface area is 185 Å². The molecule has 1 fully saturated rings. The Hall–Kier alpha value is -2.65. The number of fused-ring (bicyclic) bond motifs is 1. The summed E-state index contributed by atoms with van der Waals surface area (Å²) in [6.07, 6.45) is -2.74. The van der Waals surface area contributed by atoms with E-state index in [1.807, 2.05) is 0 Å². The molecule has 1 saturated heterocycles. The van der Waals surface area contributed by atoms with Crippen molar-refractivity contribution in [1.82, 2.24) is 9.97 Å². The van der Waals surface area contributed by atoms with Crippen LogP contribution in [0.5, 0.6) is 11.5 Å². The van der Waals surface area contributed by atoms with E-state index in [1.165, 1.54) is 20.4 Å². The van der Waals surface area contributed by atoms with E-state index < -0.39 is 12.1 Å². The van der Waals surface area contributed by atoms with Crippen molar-refractivity contribution >= 4 is 45.6 Å². The predicted molar refractivity (Wildman–Crippen MR) is 114 cm³/mol. The number of alkyl halides is 3. The molecule has 1 aliphatic rings. The maximum Gasteiger partial charge on any atom is 0.395 e. The number of anilines is 2. The summed E-state index contributed by atoms with van der Waals surface area (Å²) in [7, 11) is 2.89. The highest BCUT2D eigenvalue weighted by atomic mass is 35.5. The molecule has 0 bridgehead atoms. The van der Waals surface area contributed by atoms with E-state index in [4.69, 9.17) is 38.4 Å². The van der Waals surface area contributed by atoms with Gasteiger partial charge in [-0.1, -0.05) is 23.2 Å². The predicted octanol–water partition coefficient (Wildman–Crippen LogP) is 5.20. The lowest BCUT2D eigenvalue weighted by atomic mass is 9.98. The second-order valence-corrected chi connectivity index (χ2v) is 7.84. The molecular formula is C20H17Cl2F3N4O2. The van der Waals surface area contributed by atoms with Crippen molar-refractivity contribution in [3.05, 3.63) is 34.4 Å². The minimum atomic E-state index is -4.27. The van der Waals surface area contributed by atoms with E-state index >= 15 is 0 Å². The molecule has 0 spiro atoms. The lowest BCUT2D eigenvalue weighted by Crippen LogP contribution is -2.53. The van der Waals surface area contributed by atoms with Crippen molar-refractivity contribution in [2.24, 2.45) is 5.92 Å². The van der Waals surface area contributed by atoms with Crippen LogP contribution in [0, 0.1) is 5.92 Å². The van der Waals surface area contributed by atoms with Crippen LogP contribution in [-0.4, -0.2) is 43.5 Å². The third-order valence-corrected chi connectivity index (χ3v) is 5.94. The van der Waals surface area contributed by atoms with Gasteiger partial charge in [-0.25, -0.2) is 9.97 Å². The average molecular weight is 473 g/mol. The van der Waals surface area contributed by atoms with Gasteiger partial charge in [0.1, 0.15) is 23.1 Å². The van der Waals surface area contributed by atoms with Gasteiger partial charge in [0.2, 0.25) is 0 Å². The number of benzene rings is 1. The number of pyridine rings is 2. The molecule has 2 N–H and O–H groups in total. The summed E-state index contributed by atoms with van der Waals surface area (Å²) in [6.45, 7) is -0.416. The minimum absolute atomic E-state index is 0.200. The molecule has 2 aromatic heterocycles. The van der Waals surface area contributed by atoms with Crippen LogP contribution in [0.25, 0.3) is 22.0 Å². The van der Waals surface area contributed by atoms with Crippen molar-refractivity contribution in [1.29, 1.82) is 0 Å². The number of hydrogen-bond donors (Lipinski definition) is 1. The van der Waals surface area contributed by atoms with Crippen LogP contribution in [0.2, 0.25) is 10.0 Å². The van der Waals surface area contributed by atoms with E-state index in [0.717, 1.165) is 0 Å². The molecule has 1 aliphatic heterocycles. The zero-order valence-corrected chi connectivity index (χ0v) is 17.9. The molecule has 0 atom stereocenters. The monoisotopic (exact) mass is 472 g/mol. The minimum Gasteiger partial charge on any atom is -0.495 e. The molecular weight excluding hydrogens is 456 g/mol. The first-order valence-corrected chi connectivity index (χ1v) is 9.88.